The van der Waals surface area contributed by atoms with Crippen LogP contribution in [0.15, 0.2) is 58.5 Å². The lowest BCUT2D eigenvalue weighted by molar-refractivity contribution is -0.141. The van der Waals surface area contributed by atoms with Crippen LogP contribution in [0.5, 0.6) is 0 Å². The van der Waals surface area contributed by atoms with Gasteiger partial charge in [0, 0.05) is 28.7 Å². The van der Waals surface area contributed by atoms with Gasteiger partial charge in [0.25, 0.3) is 5.91 Å². The van der Waals surface area contributed by atoms with Crippen molar-refractivity contribution in [3.05, 3.63) is 71.0 Å². The number of nitrogens with zero attached hydrogens (tertiary/aromatic N) is 2. The number of carbonyl (C=O) groups is 1. The summed E-state index contributed by atoms with van der Waals surface area (Å²) in [6.45, 7) is 4.10. The van der Waals surface area contributed by atoms with E-state index in [0.29, 0.717) is 5.69 Å². The minimum absolute atomic E-state index is 0.409. The molecule has 28 heavy (non-hydrogen) atoms. The molecule has 3 aromatic rings. The maximum absolute atomic E-state index is 13.0. The summed E-state index contributed by atoms with van der Waals surface area (Å²) >= 11 is 1.57. The molecule has 0 aliphatic carbocycles. The Bertz CT molecular complexity index is 1010. The van der Waals surface area contributed by atoms with Gasteiger partial charge in [0.05, 0.1) is 5.56 Å². The fraction of sp³-hybridized carbons (Fsp3) is 0.200. The molecule has 0 unspecified atom stereocenters. The molecule has 1 heterocycles. The topological polar surface area (TPSA) is 46.9 Å². The third kappa shape index (κ3) is 4.56. The molecule has 0 fully saturated rings. The SMILES string of the molecule is Cc1ccc(Sc2ccc(NC(=O)c3cn(C)nc3C(F)(F)F)cc2)cc1C. The first-order valence-electron chi connectivity index (χ1n) is 8.41. The maximum atomic E-state index is 13.0. The van der Waals surface area contributed by atoms with Crippen molar-refractivity contribution in [1.29, 1.82) is 0 Å². The summed E-state index contributed by atoms with van der Waals surface area (Å²) in [5.41, 5.74) is 1.12. The minimum atomic E-state index is -4.69. The summed E-state index contributed by atoms with van der Waals surface area (Å²) in [4.78, 5) is 14.3. The lowest BCUT2D eigenvalue weighted by Gasteiger charge is -2.09. The maximum Gasteiger partial charge on any atom is 0.435 e. The molecule has 8 heteroatoms. The van der Waals surface area contributed by atoms with Crippen molar-refractivity contribution in [2.75, 3.05) is 5.32 Å². The molecule has 0 aliphatic rings. The number of nitrogens with one attached hydrogen (secondary N) is 1. The number of aromatic nitrogens is 2. The van der Waals surface area contributed by atoms with E-state index in [0.717, 1.165) is 20.7 Å². The highest BCUT2D eigenvalue weighted by molar-refractivity contribution is 7.99. The number of anilines is 1. The van der Waals surface area contributed by atoms with E-state index in [-0.39, 0.29) is 0 Å². The third-order valence-corrected chi connectivity index (χ3v) is 5.17. The molecule has 3 rings (SSSR count). The van der Waals surface area contributed by atoms with Gasteiger partial charge in [-0.05, 0) is 61.4 Å². The fourth-order valence-corrected chi connectivity index (χ4v) is 3.50. The zero-order chi connectivity index (χ0) is 20.5. The van der Waals surface area contributed by atoms with Crippen molar-refractivity contribution >= 4 is 23.4 Å². The largest absolute Gasteiger partial charge is 0.435 e. The number of halogens is 3. The Morgan fingerprint density at radius 3 is 2.29 bits per heavy atom. The highest BCUT2D eigenvalue weighted by Gasteiger charge is 2.38. The first-order valence-corrected chi connectivity index (χ1v) is 9.22. The molecule has 146 valence electrons. The van der Waals surface area contributed by atoms with Gasteiger partial charge in [0.1, 0.15) is 0 Å². The molecule has 4 nitrogen and oxygen atoms in total. The average Bonchev–Trinajstić information content (AvgIpc) is 3.02. The van der Waals surface area contributed by atoms with Gasteiger partial charge < -0.3 is 5.32 Å². The number of benzene rings is 2. The lowest BCUT2D eigenvalue weighted by Crippen LogP contribution is -2.17. The quantitative estimate of drug-likeness (QED) is 0.627. The van der Waals surface area contributed by atoms with Crippen LogP contribution in [0.3, 0.4) is 0 Å². The van der Waals surface area contributed by atoms with Gasteiger partial charge in [0.2, 0.25) is 0 Å². The van der Waals surface area contributed by atoms with Gasteiger partial charge in [-0.3, -0.25) is 9.48 Å². The molecule has 0 atom stereocenters. The van der Waals surface area contributed by atoms with Crippen molar-refractivity contribution in [2.45, 2.75) is 29.8 Å². The van der Waals surface area contributed by atoms with E-state index < -0.39 is 23.3 Å². The predicted octanol–water partition coefficient (Wildman–Crippen LogP) is 5.46. The number of carbonyl (C=O) groups excluding carboxylic acids is 1. The van der Waals surface area contributed by atoms with Gasteiger partial charge >= 0.3 is 6.18 Å². The van der Waals surface area contributed by atoms with E-state index in [2.05, 4.69) is 22.5 Å². The second-order valence-electron chi connectivity index (χ2n) is 6.39. The monoisotopic (exact) mass is 405 g/mol. The number of hydrogen-bond acceptors (Lipinski definition) is 3. The standard InChI is InChI=1S/C20H18F3N3OS/c1-12-4-7-16(10-13(12)2)28-15-8-5-14(6-9-15)24-19(27)17-11-26(3)25-18(17)20(21,22)23/h4-11H,1-3H3,(H,24,27). The third-order valence-electron chi connectivity index (χ3n) is 4.17. The second-order valence-corrected chi connectivity index (χ2v) is 7.54. The van der Waals surface area contributed by atoms with Crippen LogP contribution >= 0.6 is 11.8 Å². The summed E-state index contributed by atoms with van der Waals surface area (Å²) in [6.07, 6.45) is -3.64. The Kier molecular flexibility index (Phi) is 5.51. The summed E-state index contributed by atoms with van der Waals surface area (Å²) in [6, 6.07) is 13.1. The molecule has 1 amide bonds. The number of hydrogen-bond donors (Lipinski definition) is 1. The van der Waals surface area contributed by atoms with E-state index >= 15 is 0 Å². The molecule has 0 aliphatic heterocycles. The summed E-state index contributed by atoms with van der Waals surface area (Å²) in [7, 11) is 1.34. The van der Waals surface area contributed by atoms with E-state index in [1.54, 1.807) is 23.9 Å². The van der Waals surface area contributed by atoms with Crippen molar-refractivity contribution in [3.8, 4) is 0 Å². The number of aryl methyl sites for hydroxylation is 3. The van der Waals surface area contributed by atoms with Crippen molar-refractivity contribution in [2.24, 2.45) is 7.05 Å². The molecule has 0 bridgehead atoms. The molecule has 2 aromatic carbocycles. The Morgan fingerprint density at radius 1 is 1.04 bits per heavy atom. The van der Waals surface area contributed by atoms with Crippen molar-refractivity contribution in [3.63, 3.8) is 0 Å². The van der Waals surface area contributed by atoms with Gasteiger partial charge in [0.15, 0.2) is 5.69 Å². The molecule has 1 aromatic heterocycles. The van der Waals surface area contributed by atoms with Gasteiger partial charge in [-0.25, -0.2) is 0 Å². The molecule has 1 N–H and O–H groups in total. The summed E-state index contributed by atoms with van der Waals surface area (Å²) in [5.74, 6) is -0.852. The number of alkyl halides is 3. The van der Waals surface area contributed by atoms with Gasteiger partial charge in [-0.1, -0.05) is 17.8 Å². The Labute approximate surface area is 164 Å². The zero-order valence-electron chi connectivity index (χ0n) is 15.5. The van der Waals surface area contributed by atoms with Crippen LogP contribution in [0.25, 0.3) is 0 Å². The minimum Gasteiger partial charge on any atom is -0.322 e. The molecular formula is C20H18F3N3OS. The molecule has 0 spiro atoms. The highest BCUT2D eigenvalue weighted by atomic mass is 32.2. The number of amides is 1. The number of rotatable bonds is 4. The molecular weight excluding hydrogens is 387 g/mol. The predicted molar refractivity (Wildman–Crippen MR) is 103 cm³/mol. The van der Waals surface area contributed by atoms with Crippen molar-refractivity contribution < 1.29 is 18.0 Å². The summed E-state index contributed by atoms with van der Waals surface area (Å²) in [5, 5.41) is 5.84. The fourth-order valence-electron chi connectivity index (χ4n) is 2.58. The van der Waals surface area contributed by atoms with Crippen LogP contribution in [-0.4, -0.2) is 15.7 Å². The van der Waals surface area contributed by atoms with E-state index in [1.165, 1.54) is 18.2 Å². The van der Waals surface area contributed by atoms with E-state index in [1.807, 2.05) is 32.0 Å². The van der Waals surface area contributed by atoms with Crippen LogP contribution in [0.1, 0.15) is 27.2 Å². The van der Waals surface area contributed by atoms with Crippen LogP contribution in [0, 0.1) is 13.8 Å². The summed E-state index contributed by atoms with van der Waals surface area (Å²) < 4.78 is 40.0. The molecule has 0 saturated carbocycles. The smallest absolute Gasteiger partial charge is 0.322 e. The van der Waals surface area contributed by atoms with Crippen molar-refractivity contribution in [1.82, 2.24) is 9.78 Å². The molecule has 0 radical (unpaired) electrons. The average molecular weight is 405 g/mol. The Morgan fingerprint density at radius 2 is 1.68 bits per heavy atom. The van der Waals surface area contributed by atoms with Gasteiger partial charge in [-0.15, -0.1) is 0 Å². The molecule has 0 saturated heterocycles. The highest BCUT2D eigenvalue weighted by Crippen LogP contribution is 2.32. The first-order chi connectivity index (χ1) is 13.1. The second kappa shape index (κ2) is 7.71. The van der Waals surface area contributed by atoms with E-state index in [9.17, 15) is 18.0 Å². The Hall–Kier alpha value is -2.74. The lowest BCUT2D eigenvalue weighted by atomic mass is 10.1. The van der Waals surface area contributed by atoms with Crippen LogP contribution in [-0.2, 0) is 13.2 Å². The first kappa shape index (κ1) is 20.0. The zero-order valence-corrected chi connectivity index (χ0v) is 16.3. The van der Waals surface area contributed by atoms with E-state index in [4.69, 9.17) is 0 Å². The normalized spacial score (nSPS) is 11.5. The van der Waals surface area contributed by atoms with Gasteiger partial charge in [-0.2, -0.15) is 18.3 Å². The van der Waals surface area contributed by atoms with Crippen LogP contribution < -0.4 is 5.32 Å². The Balaban J connectivity index is 1.72. The van der Waals surface area contributed by atoms with Crippen LogP contribution in [0.4, 0.5) is 18.9 Å². The van der Waals surface area contributed by atoms with Crippen LogP contribution in [0.2, 0.25) is 0 Å².